The van der Waals surface area contributed by atoms with Gasteiger partial charge in [0.25, 0.3) is 5.91 Å². The van der Waals surface area contributed by atoms with E-state index in [0.717, 1.165) is 5.39 Å². The first-order valence-electron chi connectivity index (χ1n) is 8.27. The summed E-state index contributed by atoms with van der Waals surface area (Å²) >= 11 is 1.33. The summed E-state index contributed by atoms with van der Waals surface area (Å²) in [5.41, 5.74) is 2.08. The lowest BCUT2D eigenvalue weighted by molar-refractivity contribution is 0.103. The molecule has 0 saturated carbocycles. The fraction of sp³-hybridized carbons (Fsp3) is 0.0476. The molecule has 0 unspecified atom stereocenters. The molecule has 27 heavy (non-hydrogen) atoms. The Hall–Kier alpha value is -3.22. The molecule has 0 spiro atoms. The second-order valence-electron chi connectivity index (χ2n) is 5.95. The molecule has 1 amide bonds. The van der Waals surface area contributed by atoms with Gasteiger partial charge in [0.15, 0.2) is 0 Å². The van der Waals surface area contributed by atoms with Gasteiger partial charge in [-0.05, 0) is 35.2 Å². The summed E-state index contributed by atoms with van der Waals surface area (Å²) in [6.45, 7) is -0.230. The van der Waals surface area contributed by atoms with Crippen LogP contribution in [0.3, 0.4) is 0 Å². The smallest absolute Gasteiger partial charge is 0.344 e. The van der Waals surface area contributed by atoms with E-state index in [1.807, 2.05) is 17.5 Å². The summed E-state index contributed by atoms with van der Waals surface area (Å²) in [6, 6.07) is 17.7. The van der Waals surface area contributed by atoms with Gasteiger partial charge < -0.3 is 14.8 Å². The van der Waals surface area contributed by atoms with Gasteiger partial charge in [-0.3, -0.25) is 4.79 Å². The molecule has 2 aromatic carbocycles. The molecule has 4 rings (SSSR count). The van der Waals surface area contributed by atoms with Crippen LogP contribution in [-0.4, -0.2) is 11.0 Å². The Morgan fingerprint density at radius 1 is 1.07 bits per heavy atom. The number of amides is 1. The lowest BCUT2D eigenvalue weighted by Crippen LogP contribution is -2.12. The van der Waals surface area contributed by atoms with E-state index in [9.17, 15) is 14.7 Å². The van der Waals surface area contributed by atoms with E-state index < -0.39 is 5.63 Å². The molecule has 0 fully saturated rings. The van der Waals surface area contributed by atoms with Crippen LogP contribution >= 0.6 is 11.3 Å². The zero-order valence-electron chi connectivity index (χ0n) is 14.1. The number of hydrogen-bond donors (Lipinski definition) is 2. The molecule has 0 atom stereocenters. The van der Waals surface area contributed by atoms with Crippen molar-refractivity contribution in [3.05, 3.63) is 86.9 Å². The van der Waals surface area contributed by atoms with E-state index >= 15 is 0 Å². The molecule has 0 bridgehead atoms. The second kappa shape index (κ2) is 7.19. The summed E-state index contributed by atoms with van der Waals surface area (Å²) in [5.74, 6) is -0.262. The van der Waals surface area contributed by atoms with Crippen LogP contribution in [0.1, 0.15) is 15.2 Å². The van der Waals surface area contributed by atoms with E-state index in [2.05, 4.69) is 5.32 Å². The predicted molar refractivity (Wildman–Crippen MR) is 106 cm³/mol. The number of carbonyl (C=O) groups excluding carboxylic acids is 1. The first-order chi connectivity index (χ1) is 13.2. The largest absolute Gasteiger partial charge is 0.422 e. The average Bonchev–Trinajstić information content (AvgIpc) is 3.22. The molecule has 0 aliphatic rings. The van der Waals surface area contributed by atoms with Gasteiger partial charge in [-0.1, -0.05) is 36.4 Å². The minimum Gasteiger partial charge on any atom is -0.422 e. The lowest BCUT2D eigenvalue weighted by atomic mass is 10.0. The Labute approximate surface area is 158 Å². The maximum Gasteiger partial charge on any atom is 0.344 e. The molecule has 4 aromatic rings. The van der Waals surface area contributed by atoms with Crippen molar-refractivity contribution in [2.75, 3.05) is 5.32 Å². The highest BCUT2D eigenvalue weighted by Gasteiger charge is 2.13. The van der Waals surface area contributed by atoms with E-state index in [4.69, 9.17) is 4.42 Å². The molecule has 0 aliphatic carbocycles. The summed E-state index contributed by atoms with van der Waals surface area (Å²) in [5, 5.41) is 15.0. The van der Waals surface area contributed by atoms with E-state index in [-0.39, 0.29) is 12.5 Å². The zero-order chi connectivity index (χ0) is 18.8. The minimum absolute atomic E-state index is 0.230. The third-order valence-electron chi connectivity index (χ3n) is 4.23. The van der Waals surface area contributed by atoms with Gasteiger partial charge in [0.2, 0.25) is 0 Å². The normalized spacial score (nSPS) is 10.9. The molecule has 6 heteroatoms. The summed E-state index contributed by atoms with van der Waals surface area (Å²) in [4.78, 5) is 25.3. The maximum atomic E-state index is 12.4. The number of thiophene rings is 1. The van der Waals surface area contributed by atoms with Crippen LogP contribution < -0.4 is 10.9 Å². The van der Waals surface area contributed by atoms with Gasteiger partial charge in [0, 0.05) is 16.6 Å². The first kappa shape index (κ1) is 17.2. The average molecular weight is 377 g/mol. The van der Waals surface area contributed by atoms with Crippen LogP contribution in [0.2, 0.25) is 0 Å². The number of fused-ring (bicyclic) bond motifs is 1. The molecule has 134 valence electrons. The maximum absolute atomic E-state index is 12.4. The van der Waals surface area contributed by atoms with Crippen LogP contribution in [0.15, 0.2) is 75.3 Å². The van der Waals surface area contributed by atoms with Gasteiger partial charge in [-0.15, -0.1) is 11.3 Å². The topological polar surface area (TPSA) is 79.5 Å². The Morgan fingerprint density at radius 3 is 2.70 bits per heavy atom. The van der Waals surface area contributed by atoms with E-state index in [0.29, 0.717) is 32.8 Å². The Bertz CT molecular complexity index is 1180. The molecule has 2 aromatic heterocycles. The fourth-order valence-electron chi connectivity index (χ4n) is 2.85. The predicted octanol–water partition coefficient (Wildman–Crippen LogP) is 4.27. The molecule has 2 N–H and O–H groups in total. The van der Waals surface area contributed by atoms with Gasteiger partial charge >= 0.3 is 5.63 Å². The zero-order valence-corrected chi connectivity index (χ0v) is 15.0. The van der Waals surface area contributed by atoms with Gasteiger partial charge in [0.05, 0.1) is 17.0 Å². The third-order valence-corrected chi connectivity index (χ3v) is 5.09. The van der Waals surface area contributed by atoms with E-state index in [1.54, 1.807) is 48.5 Å². The van der Waals surface area contributed by atoms with Crippen LogP contribution in [0.4, 0.5) is 5.69 Å². The standard InChI is InChI=1S/C21H15NO4S/c23-12-15-8-7-13(11-17(15)22-20(24)19-6-3-9-27-19)16-10-14-4-1-2-5-18(14)26-21(16)25/h1-11,23H,12H2,(H,22,24). The summed E-state index contributed by atoms with van der Waals surface area (Å²) < 4.78 is 5.39. The molecule has 0 radical (unpaired) electrons. The van der Waals surface area contributed by atoms with Crippen LogP contribution in [0.25, 0.3) is 22.1 Å². The number of hydrogen-bond acceptors (Lipinski definition) is 5. The number of aliphatic hydroxyl groups excluding tert-OH is 1. The number of anilines is 1. The molecular weight excluding hydrogens is 362 g/mol. The Balaban J connectivity index is 1.77. The Morgan fingerprint density at radius 2 is 1.93 bits per heavy atom. The van der Waals surface area contributed by atoms with Crippen molar-refractivity contribution < 1.29 is 14.3 Å². The summed E-state index contributed by atoms with van der Waals surface area (Å²) in [6.07, 6.45) is 0. The minimum atomic E-state index is -0.457. The number of nitrogens with one attached hydrogen (secondary N) is 1. The number of carbonyl (C=O) groups is 1. The highest BCUT2D eigenvalue weighted by atomic mass is 32.1. The number of benzene rings is 2. The highest BCUT2D eigenvalue weighted by Crippen LogP contribution is 2.27. The quantitative estimate of drug-likeness (QED) is 0.521. The SMILES string of the molecule is O=C(Nc1cc(-c2cc3ccccc3oc2=O)ccc1CO)c1cccs1. The van der Waals surface area contributed by atoms with Crippen LogP contribution in [-0.2, 0) is 6.61 Å². The van der Waals surface area contributed by atoms with Crippen molar-refractivity contribution in [2.45, 2.75) is 6.61 Å². The molecule has 0 aliphatic heterocycles. The van der Waals surface area contributed by atoms with Crippen molar-refractivity contribution in [2.24, 2.45) is 0 Å². The van der Waals surface area contributed by atoms with Crippen LogP contribution in [0.5, 0.6) is 0 Å². The molecular formula is C21H15NO4S. The number of aliphatic hydroxyl groups is 1. The van der Waals surface area contributed by atoms with Crippen molar-refractivity contribution in [3.63, 3.8) is 0 Å². The highest BCUT2D eigenvalue weighted by molar-refractivity contribution is 7.12. The fourth-order valence-corrected chi connectivity index (χ4v) is 3.47. The van der Waals surface area contributed by atoms with Crippen molar-refractivity contribution in [1.29, 1.82) is 0 Å². The number of para-hydroxylation sites is 1. The van der Waals surface area contributed by atoms with Crippen LogP contribution in [0, 0.1) is 0 Å². The Kier molecular flexibility index (Phi) is 4.58. The van der Waals surface area contributed by atoms with E-state index in [1.165, 1.54) is 11.3 Å². The first-order valence-corrected chi connectivity index (χ1v) is 9.15. The molecule has 5 nitrogen and oxygen atoms in total. The lowest BCUT2D eigenvalue weighted by Gasteiger charge is -2.11. The monoisotopic (exact) mass is 377 g/mol. The van der Waals surface area contributed by atoms with Gasteiger partial charge in [-0.2, -0.15) is 0 Å². The van der Waals surface area contributed by atoms with Crippen molar-refractivity contribution >= 4 is 33.9 Å². The van der Waals surface area contributed by atoms with Crippen molar-refractivity contribution in [3.8, 4) is 11.1 Å². The summed E-state index contributed by atoms with van der Waals surface area (Å²) in [7, 11) is 0. The number of rotatable bonds is 4. The third kappa shape index (κ3) is 3.40. The second-order valence-corrected chi connectivity index (χ2v) is 6.89. The molecule has 0 saturated heterocycles. The van der Waals surface area contributed by atoms with Crippen molar-refractivity contribution in [1.82, 2.24) is 0 Å². The van der Waals surface area contributed by atoms with Gasteiger partial charge in [0.1, 0.15) is 5.58 Å². The molecule has 2 heterocycles. The van der Waals surface area contributed by atoms with Gasteiger partial charge in [-0.25, -0.2) is 4.79 Å².